The van der Waals surface area contributed by atoms with Gasteiger partial charge in [-0.1, -0.05) is 12.1 Å². The summed E-state index contributed by atoms with van der Waals surface area (Å²) in [6, 6.07) is 14.3. The number of ether oxygens (including phenoxy) is 1. The Labute approximate surface area is 176 Å². The fourth-order valence-electron chi connectivity index (χ4n) is 3.05. The molecule has 0 aliphatic carbocycles. The van der Waals surface area contributed by atoms with E-state index in [4.69, 9.17) is 4.74 Å². The molecule has 1 fully saturated rings. The van der Waals surface area contributed by atoms with E-state index in [2.05, 4.69) is 28.4 Å². The van der Waals surface area contributed by atoms with Crippen LogP contribution in [0.5, 0.6) is 5.75 Å². The van der Waals surface area contributed by atoms with E-state index < -0.39 is 0 Å². The molecule has 0 spiro atoms. The van der Waals surface area contributed by atoms with Gasteiger partial charge in [-0.2, -0.15) is 11.8 Å². The molecule has 2 aromatic rings. The highest BCUT2D eigenvalue weighted by molar-refractivity contribution is 8.00. The zero-order valence-corrected chi connectivity index (χ0v) is 18.2. The van der Waals surface area contributed by atoms with Crippen LogP contribution < -0.4 is 10.1 Å². The van der Waals surface area contributed by atoms with Crippen LogP contribution in [0.1, 0.15) is 18.1 Å². The van der Waals surface area contributed by atoms with Crippen LogP contribution in [0, 0.1) is 6.92 Å². The average molecular weight is 417 g/mol. The standard InChI is InChI=1S/C22H28N2O2S2/c1-3-26-19-6-8-20(9-7-19)28-16-22(25)23-21-14-18(5-4-17(21)2)15-24-10-12-27-13-11-24/h4-9,14H,3,10-13,15-16H2,1-2H3,(H,23,25). The molecule has 0 unspecified atom stereocenters. The van der Waals surface area contributed by atoms with Gasteiger partial charge in [0.2, 0.25) is 5.91 Å². The molecule has 6 heteroatoms. The highest BCUT2D eigenvalue weighted by Gasteiger charge is 2.12. The predicted molar refractivity (Wildman–Crippen MR) is 121 cm³/mol. The van der Waals surface area contributed by atoms with Crippen molar-refractivity contribution < 1.29 is 9.53 Å². The summed E-state index contributed by atoms with van der Waals surface area (Å²) in [6.45, 7) is 7.89. The molecule has 3 rings (SSSR count). The number of thioether (sulfide) groups is 2. The van der Waals surface area contributed by atoms with Crippen molar-refractivity contribution in [2.75, 3.05) is 42.3 Å². The molecule has 0 bridgehead atoms. The Bertz CT molecular complexity index is 775. The van der Waals surface area contributed by atoms with E-state index in [1.165, 1.54) is 28.8 Å². The van der Waals surface area contributed by atoms with Gasteiger partial charge in [-0.3, -0.25) is 9.69 Å². The third-order valence-corrected chi connectivity index (χ3v) is 6.55. The number of anilines is 1. The molecule has 0 radical (unpaired) electrons. The first-order valence-electron chi connectivity index (χ1n) is 9.69. The lowest BCUT2D eigenvalue weighted by Gasteiger charge is -2.26. The van der Waals surface area contributed by atoms with Crippen molar-refractivity contribution in [1.82, 2.24) is 4.90 Å². The molecule has 1 aliphatic rings. The maximum atomic E-state index is 12.4. The Morgan fingerprint density at radius 3 is 2.64 bits per heavy atom. The Balaban J connectivity index is 1.53. The van der Waals surface area contributed by atoms with Crippen molar-refractivity contribution in [2.45, 2.75) is 25.3 Å². The average Bonchev–Trinajstić information content (AvgIpc) is 2.71. The van der Waals surface area contributed by atoms with Crippen molar-refractivity contribution in [1.29, 1.82) is 0 Å². The first-order chi connectivity index (χ1) is 13.6. The highest BCUT2D eigenvalue weighted by Crippen LogP contribution is 2.23. The van der Waals surface area contributed by atoms with Crippen LogP contribution in [-0.2, 0) is 11.3 Å². The fourth-order valence-corrected chi connectivity index (χ4v) is 4.73. The van der Waals surface area contributed by atoms with Crippen LogP contribution in [0.25, 0.3) is 0 Å². The minimum absolute atomic E-state index is 0.0218. The molecule has 1 aliphatic heterocycles. The summed E-state index contributed by atoms with van der Waals surface area (Å²) < 4.78 is 5.45. The Morgan fingerprint density at radius 1 is 1.18 bits per heavy atom. The van der Waals surface area contributed by atoms with Crippen molar-refractivity contribution in [3.8, 4) is 5.75 Å². The molecule has 2 aromatic carbocycles. The molecular formula is C22H28N2O2S2. The van der Waals surface area contributed by atoms with Crippen LogP contribution in [-0.4, -0.2) is 47.8 Å². The van der Waals surface area contributed by atoms with Crippen LogP contribution >= 0.6 is 23.5 Å². The van der Waals surface area contributed by atoms with Gasteiger partial charge in [-0.25, -0.2) is 0 Å². The quantitative estimate of drug-likeness (QED) is 0.633. The minimum Gasteiger partial charge on any atom is -0.494 e. The van der Waals surface area contributed by atoms with E-state index in [-0.39, 0.29) is 5.91 Å². The topological polar surface area (TPSA) is 41.6 Å². The van der Waals surface area contributed by atoms with Crippen molar-refractivity contribution >= 4 is 35.1 Å². The second kappa shape index (κ2) is 10.8. The van der Waals surface area contributed by atoms with E-state index in [0.29, 0.717) is 12.4 Å². The fraction of sp³-hybridized carbons (Fsp3) is 0.409. The van der Waals surface area contributed by atoms with E-state index in [9.17, 15) is 4.79 Å². The normalized spacial score (nSPS) is 14.6. The molecule has 0 atom stereocenters. The molecule has 0 aromatic heterocycles. The lowest BCUT2D eigenvalue weighted by Crippen LogP contribution is -2.32. The molecule has 150 valence electrons. The highest BCUT2D eigenvalue weighted by atomic mass is 32.2. The Kier molecular flexibility index (Phi) is 8.13. The molecular weight excluding hydrogens is 388 g/mol. The number of rotatable bonds is 8. The van der Waals surface area contributed by atoms with Gasteiger partial charge in [-0.15, -0.1) is 11.8 Å². The maximum absolute atomic E-state index is 12.4. The second-order valence-electron chi connectivity index (χ2n) is 6.78. The summed E-state index contributed by atoms with van der Waals surface area (Å²) in [4.78, 5) is 16.0. The first kappa shape index (κ1) is 21.1. The maximum Gasteiger partial charge on any atom is 0.234 e. The lowest BCUT2D eigenvalue weighted by molar-refractivity contribution is -0.113. The van der Waals surface area contributed by atoms with Crippen LogP contribution in [0.4, 0.5) is 5.69 Å². The SMILES string of the molecule is CCOc1ccc(SCC(=O)Nc2cc(CN3CCSCC3)ccc2C)cc1. The van der Waals surface area contributed by atoms with Gasteiger partial charge in [0.1, 0.15) is 5.75 Å². The van der Waals surface area contributed by atoms with Crippen molar-refractivity contribution in [2.24, 2.45) is 0 Å². The molecule has 4 nitrogen and oxygen atoms in total. The number of carbonyl (C=O) groups excluding carboxylic acids is 1. The van der Waals surface area contributed by atoms with Crippen LogP contribution in [0.3, 0.4) is 0 Å². The summed E-state index contributed by atoms with van der Waals surface area (Å²) in [5.41, 5.74) is 3.27. The molecule has 28 heavy (non-hydrogen) atoms. The summed E-state index contributed by atoms with van der Waals surface area (Å²) in [7, 11) is 0. The Morgan fingerprint density at radius 2 is 1.93 bits per heavy atom. The van der Waals surface area contributed by atoms with Crippen LogP contribution in [0.15, 0.2) is 47.4 Å². The second-order valence-corrected chi connectivity index (χ2v) is 9.05. The van der Waals surface area contributed by atoms with E-state index in [1.54, 1.807) is 0 Å². The summed E-state index contributed by atoms with van der Waals surface area (Å²) in [6.07, 6.45) is 0. The van der Waals surface area contributed by atoms with Crippen LogP contribution in [0.2, 0.25) is 0 Å². The first-order valence-corrected chi connectivity index (χ1v) is 11.8. The number of amides is 1. The largest absolute Gasteiger partial charge is 0.494 e. The predicted octanol–water partition coefficient (Wildman–Crippen LogP) is 4.67. The molecule has 1 saturated heterocycles. The lowest BCUT2D eigenvalue weighted by atomic mass is 10.1. The smallest absolute Gasteiger partial charge is 0.234 e. The summed E-state index contributed by atoms with van der Waals surface area (Å²) >= 11 is 3.56. The number of nitrogens with one attached hydrogen (secondary N) is 1. The molecule has 0 saturated carbocycles. The van der Waals surface area contributed by atoms with Gasteiger partial charge >= 0.3 is 0 Å². The van der Waals surface area contributed by atoms with Crippen molar-refractivity contribution in [3.05, 3.63) is 53.6 Å². The third-order valence-electron chi connectivity index (χ3n) is 4.59. The van der Waals surface area contributed by atoms with Gasteiger partial charge < -0.3 is 10.1 Å². The Hall–Kier alpha value is -1.63. The minimum atomic E-state index is 0.0218. The number of nitrogens with zero attached hydrogens (tertiary/aromatic N) is 1. The third kappa shape index (κ3) is 6.47. The van der Waals surface area contributed by atoms with Gasteiger partial charge in [0.25, 0.3) is 0 Å². The summed E-state index contributed by atoms with van der Waals surface area (Å²) in [5.74, 6) is 3.68. The number of aryl methyl sites for hydroxylation is 1. The molecule has 1 heterocycles. The number of carbonyl (C=O) groups is 1. The zero-order valence-electron chi connectivity index (χ0n) is 16.6. The van der Waals surface area contributed by atoms with Gasteiger partial charge in [0, 0.05) is 41.7 Å². The summed E-state index contributed by atoms with van der Waals surface area (Å²) in [5, 5.41) is 3.08. The zero-order chi connectivity index (χ0) is 19.8. The number of hydrogen-bond donors (Lipinski definition) is 1. The van der Waals surface area contributed by atoms with E-state index >= 15 is 0 Å². The van der Waals surface area contributed by atoms with E-state index in [1.807, 2.05) is 49.9 Å². The molecule has 1 N–H and O–H groups in total. The number of benzene rings is 2. The van der Waals surface area contributed by atoms with Crippen molar-refractivity contribution in [3.63, 3.8) is 0 Å². The van der Waals surface area contributed by atoms with Gasteiger partial charge in [0.05, 0.1) is 12.4 Å². The van der Waals surface area contributed by atoms with Gasteiger partial charge in [-0.05, 0) is 55.3 Å². The molecule has 1 amide bonds. The number of hydrogen-bond acceptors (Lipinski definition) is 5. The monoisotopic (exact) mass is 416 g/mol. The van der Waals surface area contributed by atoms with Gasteiger partial charge in [0.15, 0.2) is 0 Å². The van der Waals surface area contributed by atoms with E-state index in [0.717, 1.165) is 41.5 Å².